The first-order valence-corrected chi connectivity index (χ1v) is 9.40. The van der Waals surface area contributed by atoms with Crippen LogP contribution in [0.3, 0.4) is 0 Å². The maximum atomic E-state index is 12.5. The van der Waals surface area contributed by atoms with E-state index in [4.69, 9.17) is 4.74 Å². The number of nitrogens with zero attached hydrogens (tertiary/aromatic N) is 2. The van der Waals surface area contributed by atoms with Gasteiger partial charge in [-0.05, 0) is 37.1 Å². The first-order chi connectivity index (χ1) is 12.2. The Morgan fingerprint density at radius 2 is 2.04 bits per heavy atom. The molecule has 0 saturated heterocycles. The number of benzene rings is 2. The van der Waals surface area contributed by atoms with Crippen molar-refractivity contribution in [3.63, 3.8) is 0 Å². The lowest BCUT2D eigenvalue weighted by atomic mass is 10.2. The van der Waals surface area contributed by atoms with Crippen LogP contribution >= 0.6 is 11.8 Å². The van der Waals surface area contributed by atoms with Crippen LogP contribution in [-0.4, -0.2) is 34.8 Å². The molecule has 0 aliphatic carbocycles. The topological polar surface area (TPSA) is 41.9 Å². The summed E-state index contributed by atoms with van der Waals surface area (Å²) < 4.78 is 5.76. The highest BCUT2D eigenvalue weighted by Gasteiger charge is 2.17. The number of rotatable bonds is 5. The van der Waals surface area contributed by atoms with Crippen molar-refractivity contribution >= 4 is 28.4 Å². The molecule has 0 fully saturated rings. The number of amides is 1. The zero-order chi connectivity index (χ0) is 17.6. The number of carbonyl (C=O) groups is 1. The Morgan fingerprint density at radius 1 is 1.24 bits per heavy atom. The molecule has 1 aliphatic rings. The summed E-state index contributed by atoms with van der Waals surface area (Å²) in [6.07, 6.45) is 0. The van der Waals surface area contributed by atoms with Crippen molar-refractivity contribution in [1.82, 2.24) is 4.90 Å². The van der Waals surface area contributed by atoms with Crippen LogP contribution < -0.4 is 4.74 Å². The molecular formula is C20H22N2O2S. The summed E-state index contributed by atoms with van der Waals surface area (Å²) in [5, 5.41) is 0.848. The molecule has 3 rings (SSSR count). The average Bonchev–Trinajstić information content (AvgIpc) is 2.65. The van der Waals surface area contributed by atoms with Crippen molar-refractivity contribution in [1.29, 1.82) is 0 Å². The molecule has 1 heterocycles. The van der Waals surface area contributed by atoms with E-state index >= 15 is 0 Å². The first-order valence-electron chi connectivity index (χ1n) is 8.41. The molecule has 0 saturated carbocycles. The van der Waals surface area contributed by atoms with Crippen molar-refractivity contribution < 1.29 is 9.53 Å². The standard InChI is InChI=1S/C20H22N2O2S/c1-3-22(12-16-7-5-4-6-8-16)20(23)14-25-19-13-24-18-11-15(2)9-10-17(18)21-19/h4-11H,3,12-14H2,1-2H3. The predicted molar refractivity (Wildman–Crippen MR) is 104 cm³/mol. The van der Waals surface area contributed by atoms with Gasteiger partial charge in [0.05, 0.1) is 5.75 Å². The molecule has 0 radical (unpaired) electrons. The fourth-order valence-corrected chi connectivity index (χ4v) is 3.40. The highest BCUT2D eigenvalue weighted by molar-refractivity contribution is 8.14. The number of carbonyl (C=O) groups excluding carboxylic acids is 1. The predicted octanol–water partition coefficient (Wildman–Crippen LogP) is 4.20. The summed E-state index contributed by atoms with van der Waals surface area (Å²) in [4.78, 5) is 19.0. The van der Waals surface area contributed by atoms with E-state index in [-0.39, 0.29) is 5.91 Å². The minimum absolute atomic E-state index is 0.119. The van der Waals surface area contributed by atoms with Gasteiger partial charge >= 0.3 is 0 Å². The van der Waals surface area contributed by atoms with Crippen molar-refractivity contribution in [2.75, 3.05) is 18.9 Å². The van der Waals surface area contributed by atoms with Gasteiger partial charge < -0.3 is 9.64 Å². The monoisotopic (exact) mass is 354 g/mol. The van der Waals surface area contributed by atoms with E-state index in [0.717, 1.165) is 27.6 Å². The zero-order valence-electron chi connectivity index (χ0n) is 14.6. The van der Waals surface area contributed by atoms with E-state index < -0.39 is 0 Å². The summed E-state index contributed by atoms with van der Waals surface area (Å²) in [6, 6.07) is 16.0. The van der Waals surface area contributed by atoms with Gasteiger partial charge in [0.2, 0.25) is 5.91 Å². The number of aryl methyl sites for hydroxylation is 1. The van der Waals surface area contributed by atoms with Gasteiger partial charge in [-0.2, -0.15) is 0 Å². The Hall–Kier alpha value is -2.27. The average molecular weight is 354 g/mol. The number of thioether (sulfide) groups is 1. The van der Waals surface area contributed by atoms with Crippen LogP contribution in [0.25, 0.3) is 0 Å². The molecule has 130 valence electrons. The summed E-state index contributed by atoms with van der Waals surface area (Å²) in [6.45, 7) is 5.80. The molecule has 0 N–H and O–H groups in total. The Kier molecular flexibility index (Phi) is 5.76. The number of ether oxygens (including phenoxy) is 1. The third kappa shape index (κ3) is 4.63. The first kappa shape index (κ1) is 17.5. The molecule has 0 bridgehead atoms. The Morgan fingerprint density at radius 3 is 2.80 bits per heavy atom. The molecule has 0 spiro atoms. The van der Waals surface area contributed by atoms with Gasteiger partial charge in [0.25, 0.3) is 0 Å². The molecule has 2 aromatic carbocycles. The summed E-state index contributed by atoms with van der Waals surface area (Å²) in [5.41, 5.74) is 3.13. The molecule has 0 aromatic heterocycles. The second kappa shape index (κ2) is 8.21. The maximum Gasteiger partial charge on any atom is 0.233 e. The molecule has 5 heteroatoms. The lowest BCUT2D eigenvalue weighted by molar-refractivity contribution is -0.128. The lowest BCUT2D eigenvalue weighted by Crippen LogP contribution is -2.32. The minimum Gasteiger partial charge on any atom is -0.484 e. The van der Waals surface area contributed by atoms with Gasteiger partial charge in [-0.15, -0.1) is 0 Å². The van der Waals surface area contributed by atoms with Gasteiger partial charge in [0.15, 0.2) is 0 Å². The fraction of sp³-hybridized carbons (Fsp3) is 0.300. The van der Waals surface area contributed by atoms with Crippen LogP contribution in [-0.2, 0) is 11.3 Å². The van der Waals surface area contributed by atoms with Gasteiger partial charge in [-0.1, -0.05) is 48.2 Å². The van der Waals surface area contributed by atoms with Crippen molar-refractivity contribution in [2.24, 2.45) is 4.99 Å². The Labute approximate surface area is 152 Å². The van der Waals surface area contributed by atoms with Crippen molar-refractivity contribution in [3.05, 3.63) is 59.7 Å². The van der Waals surface area contributed by atoms with Gasteiger partial charge in [0, 0.05) is 13.1 Å². The molecule has 25 heavy (non-hydrogen) atoms. The molecule has 4 nitrogen and oxygen atoms in total. The van der Waals surface area contributed by atoms with Gasteiger partial charge in [-0.3, -0.25) is 4.79 Å². The van der Waals surface area contributed by atoms with E-state index in [2.05, 4.69) is 4.99 Å². The van der Waals surface area contributed by atoms with Gasteiger partial charge in [-0.25, -0.2) is 4.99 Å². The Bertz CT molecular complexity index is 775. The van der Waals surface area contributed by atoms with Gasteiger partial charge in [0.1, 0.15) is 23.1 Å². The zero-order valence-corrected chi connectivity index (χ0v) is 15.4. The van der Waals surface area contributed by atoms with Crippen LogP contribution in [0.5, 0.6) is 5.75 Å². The third-order valence-electron chi connectivity index (χ3n) is 4.02. The highest BCUT2D eigenvalue weighted by Crippen LogP contribution is 2.33. The van der Waals surface area contributed by atoms with E-state index in [1.165, 1.54) is 11.8 Å². The molecule has 0 atom stereocenters. The summed E-state index contributed by atoms with van der Waals surface area (Å²) >= 11 is 1.46. The fourth-order valence-electron chi connectivity index (χ4n) is 2.63. The van der Waals surface area contributed by atoms with Crippen LogP contribution in [0.1, 0.15) is 18.1 Å². The quantitative estimate of drug-likeness (QED) is 0.808. The van der Waals surface area contributed by atoms with Crippen LogP contribution in [0.15, 0.2) is 53.5 Å². The number of fused-ring (bicyclic) bond motifs is 1. The Balaban J connectivity index is 1.59. The second-order valence-corrected chi connectivity index (χ2v) is 7.00. The SMILES string of the molecule is CCN(Cc1ccccc1)C(=O)CSC1=Nc2ccc(C)cc2OC1. The summed E-state index contributed by atoms with van der Waals surface area (Å²) in [5.74, 6) is 1.31. The molecule has 1 amide bonds. The molecule has 2 aromatic rings. The van der Waals surface area contributed by atoms with Crippen LogP contribution in [0.2, 0.25) is 0 Å². The lowest BCUT2D eigenvalue weighted by Gasteiger charge is -2.22. The highest BCUT2D eigenvalue weighted by atomic mass is 32.2. The number of aliphatic imine (C=N–C) groups is 1. The number of hydrogen-bond donors (Lipinski definition) is 0. The van der Waals surface area contributed by atoms with Crippen LogP contribution in [0.4, 0.5) is 5.69 Å². The summed E-state index contributed by atoms with van der Waals surface area (Å²) in [7, 11) is 0. The molecular weight excluding hydrogens is 332 g/mol. The molecule has 0 unspecified atom stereocenters. The normalized spacial score (nSPS) is 12.8. The maximum absolute atomic E-state index is 12.5. The minimum atomic E-state index is 0.119. The second-order valence-electron chi connectivity index (χ2n) is 5.95. The van der Waals surface area contributed by atoms with Crippen LogP contribution in [0, 0.1) is 6.92 Å². The number of hydrogen-bond acceptors (Lipinski definition) is 4. The van der Waals surface area contributed by atoms with Crippen molar-refractivity contribution in [2.45, 2.75) is 20.4 Å². The van der Waals surface area contributed by atoms with E-state index in [9.17, 15) is 4.79 Å². The smallest absolute Gasteiger partial charge is 0.233 e. The largest absolute Gasteiger partial charge is 0.484 e. The molecule has 1 aliphatic heterocycles. The van der Waals surface area contributed by atoms with E-state index in [0.29, 0.717) is 25.4 Å². The van der Waals surface area contributed by atoms with E-state index in [1.54, 1.807) is 0 Å². The van der Waals surface area contributed by atoms with Crippen molar-refractivity contribution in [3.8, 4) is 5.75 Å². The third-order valence-corrected chi connectivity index (χ3v) is 4.96. The van der Waals surface area contributed by atoms with E-state index in [1.807, 2.05) is 67.3 Å².